The quantitative estimate of drug-likeness (QED) is 0.582. The second-order valence-electron chi connectivity index (χ2n) is 4.65. The molecule has 0 saturated heterocycles. The molecule has 1 unspecified atom stereocenters. The minimum Gasteiger partial charge on any atom is -0.494 e. The maximum atomic E-state index is 11.0. The van der Waals surface area contributed by atoms with Gasteiger partial charge in [-0.1, -0.05) is 22.9 Å². The predicted molar refractivity (Wildman–Crippen MR) is 82.9 cm³/mol. The van der Waals surface area contributed by atoms with Gasteiger partial charge in [0.2, 0.25) is 0 Å². The Labute approximate surface area is 128 Å². The average molecular weight is 344 g/mol. The fourth-order valence-corrected chi connectivity index (χ4v) is 2.14. The van der Waals surface area contributed by atoms with E-state index in [2.05, 4.69) is 27.6 Å². The maximum absolute atomic E-state index is 11.0. The second kappa shape index (κ2) is 8.97. The van der Waals surface area contributed by atoms with Gasteiger partial charge in [0.25, 0.3) is 0 Å². The van der Waals surface area contributed by atoms with Crippen LogP contribution in [0.4, 0.5) is 0 Å². The molecule has 0 aliphatic heterocycles. The van der Waals surface area contributed by atoms with E-state index in [1.807, 2.05) is 18.2 Å². The number of carbonyl (C=O) groups is 1. The van der Waals surface area contributed by atoms with Crippen molar-refractivity contribution in [3.8, 4) is 5.75 Å². The van der Waals surface area contributed by atoms with Gasteiger partial charge in [-0.3, -0.25) is 4.79 Å². The molecule has 1 aromatic rings. The zero-order valence-corrected chi connectivity index (χ0v) is 13.6. The molecule has 112 valence electrons. The largest absolute Gasteiger partial charge is 0.494 e. The number of methoxy groups -OCH3 is 1. The molecule has 1 aromatic carbocycles. The van der Waals surface area contributed by atoms with Crippen molar-refractivity contribution in [2.45, 2.75) is 38.6 Å². The third-order valence-corrected chi connectivity index (χ3v) is 3.82. The fourth-order valence-electron chi connectivity index (χ4n) is 1.73. The molecular formula is C15H22BrNO3. The normalized spacial score (nSPS) is 12.0. The SMILES string of the molecule is CCC(N)Cc1cc(OCCCC(=O)OC)ccc1Br. The molecule has 0 aromatic heterocycles. The highest BCUT2D eigenvalue weighted by Gasteiger charge is 2.07. The van der Waals surface area contributed by atoms with E-state index in [9.17, 15) is 4.79 Å². The monoisotopic (exact) mass is 343 g/mol. The Morgan fingerprint density at radius 1 is 1.45 bits per heavy atom. The summed E-state index contributed by atoms with van der Waals surface area (Å²) in [5.41, 5.74) is 7.12. The van der Waals surface area contributed by atoms with Crippen LogP contribution in [0.5, 0.6) is 5.75 Å². The van der Waals surface area contributed by atoms with Crippen LogP contribution >= 0.6 is 15.9 Å². The highest BCUT2D eigenvalue weighted by atomic mass is 79.9. The van der Waals surface area contributed by atoms with Crippen molar-refractivity contribution in [2.75, 3.05) is 13.7 Å². The molecule has 0 aliphatic rings. The molecule has 1 atom stereocenters. The number of hydrogen-bond acceptors (Lipinski definition) is 4. The smallest absolute Gasteiger partial charge is 0.305 e. The molecule has 1 rings (SSSR count). The standard InChI is InChI=1S/C15H22BrNO3/c1-3-12(17)9-11-10-13(6-7-14(11)16)20-8-4-5-15(18)19-2/h6-7,10,12H,3-5,8-9,17H2,1-2H3. The summed E-state index contributed by atoms with van der Waals surface area (Å²) in [5.74, 6) is 0.593. The number of ether oxygens (including phenoxy) is 2. The summed E-state index contributed by atoms with van der Waals surface area (Å²) in [5, 5.41) is 0. The number of rotatable bonds is 8. The van der Waals surface area contributed by atoms with Crippen LogP contribution in [0.15, 0.2) is 22.7 Å². The highest BCUT2D eigenvalue weighted by Crippen LogP contribution is 2.24. The third kappa shape index (κ3) is 5.92. The third-order valence-electron chi connectivity index (χ3n) is 3.05. The molecule has 4 nitrogen and oxygen atoms in total. The van der Waals surface area contributed by atoms with Gasteiger partial charge in [0, 0.05) is 16.9 Å². The Kier molecular flexibility index (Phi) is 7.62. The number of nitrogens with two attached hydrogens (primary N) is 1. The molecule has 2 N–H and O–H groups in total. The second-order valence-corrected chi connectivity index (χ2v) is 5.51. The number of benzene rings is 1. The van der Waals surface area contributed by atoms with Crippen LogP contribution in [-0.2, 0) is 16.0 Å². The first-order valence-corrected chi connectivity index (χ1v) is 7.59. The van der Waals surface area contributed by atoms with Crippen molar-refractivity contribution >= 4 is 21.9 Å². The zero-order chi connectivity index (χ0) is 15.0. The minimum absolute atomic E-state index is 0.154. The Hall–Kier alpha value is -1.07. The highest BCUT2D eigenvalue weighted by molar-refractivity contribution is 9.10. The molecule has 0 aliphatic carbocycles. The molecule has 5 heteroatoms. The van der Waals surface area contributed by atoms with Gasteiger partial charge in [-0.2, -0.15) is 0 Å². The fraction of sp³-hybridized carbons (Fsp3) is 0.533. The van der Waals surface area contributed by atoms with Gasteiger partial charge < -0.3 is 15.2 Å². The number of esters is 1. The van der Waals surface area contributed by atoms with Gasteiger partial charge in [0.05, 0.1) is 13.7 Å². The number of carbonyl (C=O) groups excluding carboxylic acids is 1. The number of halogens is 1. The van der Waals surface area contributed by atoms with Crippen LogP contribution in [0.25, 0.3) is 0 Å². The summed E-state index contributed by atoms with van der Waals surface area (Å²) in [6.45, 7) is 2.57. The molecule has 0 bridgehead atoms. The summed E-state index contributed by atoms with van der Waals surface area (Å²) >= 11 is 3.53. The Morgan fingerprint density at radius 3 is 2.85 bits per heavy atom. The first-order valence-electron chi connectivity index (χ1n) is 6.80. The van der Waals surface area contributed by atoms with Gasteiger partial charge in [-0.05, 0) is 43.0 Å². The van der Waals surface area contributed by atoms with Gasteiger partial charge >= 0.3 is 5.97 Å². The van der Waals surface area contributed by atoms with Gasteiger partial charge in [-0.15, -0.1) is 0 Å². The van der Waals surface area contributed by atoms with Gasteiger partial charge in [-0.25, -0.2) is 0 Å². The molecule has 0 radical (unpaired) electrons. The van der Waals surface area contributed by atoms with E-state index in [1.165, 1.54) is 7.11 Å². The summed E-state index contributed by atoms with van der Waals surface area (Å²) < 4.78 is 11.3. The van der Waals surface area contributed by atoms with Crippen LogP contribution in [-0.4, -0.2) is 25.7 Å². The van der Waals surface area contributed by atoms with E-state index in [0.29, 0.717) is 19.4 Å². The van der Waals surface area contributed by atoms with Crippen molar-refractivity contribution in [1.82, 2.24) is 0 Å². The molecule has 0 fully saturated rings. The lowest BCUT2D eigenvalue weighted by molar-refractivity contribution is -0.140. The summed E-state index contributed by atoms with van der Waals surface area (Å²) in [6, 6.07) is 6.02. The Morgan fingerprint density at radius 2 is 2.20 bits per heavy atom. The topological polar surface area (TPSA) is 61.5 Å². The molecular weight excluding hydrogens is 322 g/mol. The first kappa shape index (κ1) is 17.0. The summed E-state index contributed by atoms with van der Waals surface area (Å²) in [6.07, 6.45) is 2.78. The first-order chi connectivity index (χ1) is 9.56. The summed E-state index contributed by atoms with van der Waals surface area (Å²) in [4.78, 5) is 11.0. The lowest BCUT2D eigenvalue weighted by Crippen LogP contribution is -2.21. The van der Waals surface area contributed by atoms with E-state index >= 15 is 0 Å². The van der Waals surface area contributed by atoms with E-state index in [1.54, 1.807) is 0 Å². The predicted octanol–water partition coefficient (Wildman–Crippen LogP) is 3.06. The van der Waals surface area contributed by atoms with Crippen LogP contribution in [0.2, 0.25) is 0 Å². The van der Waals surface area contributed by atoms with E-state index in [-0.39, 0.29) is 12.0 Å². The van der Waals surface area contributed by atoms with Crippen molar-refractivity contribution < 1.29 is 14.3 Å². The van der Waals surface area contributed by atoms with E-state index in [0.717, 1.165) is 28.6 Å². The van der Waals surface area contributed by atoms with Crippen LogP contribution in [0.3, 0.4) is 0 Å². The van der Waals surface area contributed by atoms with Crippen molar-refractivity contribution in [3.63, 3.8) is 0 Å². The van der Waals surface area contributed by atoms with Gasteiger partial charge in [0.15, 0.2) is 0 Å². The van der Waals surface area contributed by atoms with E-state index in [4.69, 9.17) is 10.5 Å². The van der Waals surface area contributed by atoms with E-state index < -0.39 is 0 Å². The van der Waals surface area contributed by atoms with Gasteiger partial charge in [0.1, 0.15) is 5.75 Å². The molecule has 0 saturated carbocycles. The van der Waals surface area contributed by atoms with Crippen LogP contribution in [0, 0.1) is 0 Å². The summed E-state index contributed by atoms with van der Waals surface area (Å²) in [7, 11) is 1.39. The maximum Gasteiger partial charge on any atom is 0.305 e. The lowest BCUT2D eigenvalue weighted by atomic mass is 10.0. The number of hydrogen-bond donors (Lipinski definition) is 1. The van der Waals surface area contributed by atoms with Crippen molar-refractivity contribution in [3.05, 3.63) is 28.2 Å². The Balaban J connectivity index is 2.50. The van der Waals surface area contributed by atoms with Crippen molar-refractivity contribution in [1.29, 1.82) is 0 Å². The zero-order valence-electron chi connectivity index (χ0n) is 12.0. The molecule has 0 spiro atoms. The average Bonchev–Trinajstić information content (AvgIpc) is 2.46. The minimum atomic E-state index is -0.209. The van der Waals surface area contributed by atoms with Crippen LogP contribution in [0.1, 0.15) is 31.7 Å². The Bertz CT molecular complexity index is 437. The van der Waals surface area contributed by atoms with Crippen molar-refractivity contribution in [2.24, 2.45) is 5.73 Å². The molecule has 20 heavy (non-hydrogen) atoms. The molecule has 0 heterocycles. The van der Waals surface area contributed by atoms with Crippen LogP contribution < -0.4 is 10.5 Å². The lowest BCUT2D eigenvalue weighted by Gasteiger charge is -2.13. The molecule has 0 amide bonds.